The molecule has 1 aromatic carbocycles. The largest absolute Gasteiger partial charge is 0.492 e. The van der Waals surface area contributed by atoms with Gasteiger partial charge in [-0.05, 0) is 51.2 Å². The third-order valence-electron chi connectivity index (χ3n) is 4.01. The fourth-order valence-corrected chi connectivity index (χ4v) is 2.61. The van der Waals surface area contributed by atoms with Crippen LogP contribution in [0.2, 0.25) is 0 Å². The number of carbonyl (C=O) groups is 1. The zero-order chi connectivity index (χ0) is 13.0. The summed E-state index contributed by atoms with van der Waals surface area (Å²) in [5, 5.41) is 0. The Morgan fingerprint density at radius 3 is 2.33 bits per heavy atom. The number of likely N-dealkylation sites (N-methyl/N-ethyl adjacent to an activating group) is 1. The molecule has 0 N–H and O–H groups in total. The Labute approximate surface area is 109 Å². The van der Waals surface area contributed by atoms with Gasteiger partial charge < -0.3 is 9.64 Å². The van der Waals surface area contributed by atoms with Crippen LogP contribution in [0.15, 0.2) is 24.3 Å². The minimum absolute atomic E-state index is 0.184. The average Bonchev–Trinajstić information content (AvgIpc) is 2.87. The van der Waals surface area contributed by atoms with Gasteiger partial charge in [0.05, 0.1) is 5.54 Å². The van der Waals surface area contributed by atoms with Crippen LogP contribution in [-0.4, -0.2) is 37.4 Å². The van der Waals surface area contributed by atoms with Gasteiger partial charge in [0.2, 0.25) is 0 Å². The van der Waals surface area contributed by atoms with Gasteiger partial charge in [-0.15, -0.1) is 0 Å². The number of nitrogens with zero attached hydrogens (tertiary/aromatic N) is 1. The number of benzene rings is 1. The van der Waals surface area contributed by atoms with E-state index in [0.717, 1.165) is 18.6 Å². The summed E-state index contributed by atoms with van der Waals surface area (Å²) in [5.41, 5.74) is 0.870. The lowest BCUT2D eigenvalue weighted by molar-refractivity contribution is 0.0865. The zero-order valence-electron chi connectivity index (χ0n) is 11.2. The molecule has 1 fully saturated rings. The molecule has 0 aliphatic heterocycles. The Morgan fingerprint density at radius 1 is 1.22 bits per heavy atom. The van der Waals surface area contributed by atoms with E-state index in [2.05, 4.69) is 19.0 Å². The summed E-state index contributed by atoms with van der Waals surface area (Å²) in [6.07, 6.45) is 5.82. The number of ether oxygens (including phenoxy) is 1. The third kappa shape index (κ3) is 2.72. The van der Waals surface area contributed by atoms with Gasteiger partial charge in [0.25, 0.3) is 0 Å². The van der Waals surface area contributed by atoms with Crippen molar-refractivity contribution in [2.75, 3.05) is 20.7 Å². The molecular weight excluding hydrogens is 226 g/mol. The summed E-state index contributed by atoms with van der Waals surface area (Å²) in [6, 6.07) is 7.31. The highest BCUT2D eigenvalue weighted by atomic mass is 16.5. The van der Waals surface area contributed by atoms with E-state index in [-0.39, 0.29) is 5.54 Å². The first kappa shape index (κ1) is 13.1. The Morgan fingerprint density at radius 2 is 1.83 bits per heavy atom. The quantitative estimate of drug-likeness (QED) is 0.749. The maximum Gasteiger partial charge on any atom is 0.150 e. The van der Waals surface area contributed by atoms with Crippen LogP contribution in [0.5, 0.6) is 5.75 Å². The summed E-state index contributed by atoms with van der Waals surface area (Å²) in [7, 11) is 4.26. The molecule has 1 aromatic rings. The molecule has 3 nitrogen and oxygen atoms in total. The van der Waals surface area contributed by atoms with E-state index in [1.807, 2.05) is 12.1 Å². The van der Waals surface area contributed by atoms with E-state index in [0.29, 0.717) is 5.56 Å². The fraction of sp³-hybridized carbons (Fsp3) is 0.533. The second-order valence-corrected chi connectivity index (χ2v) is 5.30. The smallest absolute Gasteiger partial charge is 0.150 e. The first-order valence-electron chi connectivity index (χ1n) is 6.52. The number of aldehydes is 1. The average molecular weight is 247 g/mol. The highest BCUT2D eigenvalue weighted by molar-refractivity contribution is 5.74. The van der Waals surface area contributed by atoms with Crippen LogP contribution < -0.4 is 4.74 Å². The molecule has 0 saturated heterocycles. The summed E-state index contributed by atoms with van der Waals surface area (Å²) in [6.45, 7) is 0.723. The van der Waals surface area contributed by atoms with Crippen LogP contribution in [0.3, 0.4) is 0 Å². The van der Waals surface area contributed by atoms with Gasteiger partial charge in [0.15, 0.2) is 0 Å². The maximum atomic E-state index is 10.6. The van der Waals surface area contributed by atoms with Gasteiger partial charge in [0, 0.05) is 5.56 Å². The molecule has 0 radical (unpaired) electrons. The molecule has 0 bridgehead atoms. The standard InChI is InChI=1S/C15H21NO2/c1-16(2)15(9-3-4-10-15)12-18-14-7-5-13(11-17)6-8-14/h5-8,11H,3-4,9-10,12H2,1-2H3. The summed E-state index contributed by atoms with van der Waals surface area (Å²) in [4.78, 5) is 12.9. The lowest BCUT2D eigenvalue weighted by atomic mass is 9.97. The van der Waals surface area contributed by atoms with Crippen LogP contribution in [0, 0.1) is 0 Å². The molecule has 1 aliphatic rings. The summed E-state index contributed by atoms with van der Waals surface area (Å²) < 4.78 is 5.90. The minimum Gasteiger partial charge on any atom is -0.492 e. The van der Waals surface area contributed by atoms with Crippen LogP contribution in [0.25, 0.3) is 0 Å². The Kier molecular flexibility index (Phi) is 4.02. The van der Waals surface area contributed by atoms with Crippen LogP contribution in [0.1, 0.15) is 36.0 Å². The summed E-state index contributed by atoms with van der Waals surface area (Å²) >= 11 is 0. The van der Waals surface area contributed by atoms with Gasteiger partial charge in [-0.1, -0.05) is 12.8 Å². The molecule has 18 heavy (non-hydrogen) atoms. The monoisotopic (exact) mass is 247 g/mol. The van der Waals surface area contributed by atoms with Crippen LogP contribution >= 0.6 is 0 Å². The van der Waals surface area contributed by atoms with Gasteiger partial charge in [-0.25, -0.2) is 0 Å². The van der Waals surface area contributed by atoms with Gasteiger partial charge in [-0.3, -0.25) is 4.79 Å². The maximum absolute atomic E-state index is 10.6. The van der Waals surface area contributed by atoms with E-state index < -0.39 is 0 Å². The highest BCUT2D eigenvalue weighted by Crippen LogP contribution is 2.34. The van der Waals surface area contributed by atoms with E-state index >= 15 is 0 Å². The molecule has 0 amide bonds. The first-order chi connectivity index (χ1) is 8.66. The molecule has 1 saturated carbocycles. The van der Waals surface area contributed by atoms with E-state index in [9.17, 15) is 4.79 Å². The van der Waals surface area contributed by atoms with E-state index in [4.69, 9.17) is 4.74 Å². The van der Waals surface area contributed by atoms with E-state index in [1.54, 1.807) is 12.1 Å². The molecule has 2 rings (SSSR count). The Hall–Kier alpha value is -1.35. The van der Waals surface area contributed by atoms with Gasteiger partial charge in [0.1, 0.15) is 18.6 Å². The molecule has 0 unspecified atom stereocenters. The minimum atomic E-state index is 0.184. The predicted octanol–water partition coefficient (Wildman–Crippen LogP) is 2.75. The number of hydrogen-bond acceptors (Lipinski definition) is 3. The number of rotatable bonds is 5. The Balaban J connectivity index is 1.98. The molecule has 1 aliphatic carbocycles. The van der Waals surface area contributed by atoms with E-state index in [1.165, 1.54) is 25.7 Å². The highest BCUT2D eigenvalue weighted by Gasteiger charge is 2.36. The normalized spacial score (nSPS) is 17.9. The lowest BCUT2D eigenvalue weighted by Gasteiger charge is -2.35. The van der Waals surface area contributed by atoms with Crippen molar-refractivity contribution in [3.8, 4) is 5.75 Å². The first-order valence-corrected chi connectivity index (χ1v) is 6.52. The van der Waals surface area contributed by atoms with Gasteiger partial charge in [-0.2, -0.15) is 0 Å². The fourth-order valence-electron chi connectivity index (χ4n) is 2.61. The number of carbonyl (C=O) groups excluding carboxylic acids is 1. The molecule has 0 heterocycles. The predicted molar refractivity (Wildman–Crippen MR) is 72.2 cm³/mol. The molecule has 98 valence electrons. The van der Waals surface area contributed by atoms with Crippen molar-refractivity contribution in [2.45, 2.75) is 31.2 Å². The second-order valence-electron chi connectivity index (χ2n) is 5.30. The van der Waals surface area contributed by atoms with Crippen molar-refractivity contribution in [3.05, 3.63) is 29.8 Å². The van der Waals surface area contributed by atoms with Crippen molar-refractivity contribution in [1.82, 2.24) is 4.90 Å². The third-order valence-corrected chi connectivity index (χ3v) is 4.01. The van der Waals surface area contributed by atoms with Crippen molar-refractivity contribution in [2.24, 2.45) is 0 Å². The van der Waals surface area contributed by atoms with Crippen molar-refractivity contribution >= 4 is 6.29 Å². The SMILES string of the molecule is CN(C)C1(COc2ccc(C=O)cc2)CCCC1. The molecular formula is C15H21NO2. The zero-order valence-corrected chi connectivity index (χ0v) is 11.2. The number of hydrogen-bond donors (Lipinski definition) is 0. The van der Waals surface area contributed by atoms with Gasteiger partial charge >= 0.3 is 0 Å². The molecule has 0 atom stereocenters. The van der Waals surface area contributed by atoms with Crippen LogP contribution in [-0.2, 0) is 0 Å². The topological polar surface area (TPSA) is 29.5 Å². The Bertz CT molecular complexity index is 391. The lowest BCUT2D eigenvalue weighted by Crippen LogP contribution is -2.46. The van der Waals surface area contributed by atoms with Crippen molar-refractivity contribution < 1.29 is 9.53 Å². The second kappa shape index (κ2) is 5.53. The molecule has 3 heteroatoms. The van der Waals surface area contributed by atoms with Crippen molar-refractivity contribution in [1.29, 1.82) is 0 Å². The summed E-state index contributed by atoms with van der Waals surface area (Å²) in [5.74, 6) is 0.841. The molecule has 0 aromatic heterocycles. The van der Waals surface area contributed by atoms with Crippen molar-refractivity contribution in [3.63, 3.8) is 0 Å². The van der Waals surface area contributed by atoms with Crippen LogP contribution in [0.4, 0.5) is 0 Å². The molecule has 0 spiro atoms.